The first-order valence-electron chi connectivity index (χ1n) is 11.7. The number of rotatable bonds is 2. The summed E-state index contributed by atoms with van der Waals surface area (Å²) in [5.74, 6) is 0. The monoisotopic (exact) mass is 458 g/mol. The van der Waals surface area contributed by atoms with Crippen LogP contribution in [0.25, 0.3) is 59.8 Å². The SMILES string of the molecule is [C-]#[N+]c1c(-n2c3ccccc3c3ccccc32)cc(C#N)cc1-n1c2ccccc2c2ccccc21. The summed E-state index contributed by atoms with van der Waals surface area (Å²) < 4.78 is 4.24. The molecule has 5 aromatic carbocycles. The van der Waals surface area contributed by atoms with Crippen molar-refractivity contribution in [1.29, 1.82) is 5.26 Å². The lowest BCUT2D eigenvalue weighted by Crippen LogP contribution is -2.01. The van der Waals surface area contributed by atoms with E-state index in [-0.39, 0.29) is 0 Å². The van der Waals surface area contributed by atoms with E-state index in [0.29, 0.717) is 22.6 Å². The highest BCUT2D eigenvalue weighted by Gasteiger charge is 2.21. The summed E-state index contributed by atoms with van der Waals surface area (Å²) in [6.45, 7) is 8.31. The minimum absolute atomic E-state index is 0.506. The van der Waals surface area contributed by atoms with Crippen molar-refractivity contribution in [2.75, 3.05) is 0 Å². The van der Waals surface area contributed by atoms with Crippen LogP contribution < -0.4 is 0 Å². The average molecular weight is 459 g/mol. The standard InChI is InChI=1S/C32H18N4/c1-34-32-30(35-26-14-6-2-10-22(26)23-11-3-7-15-27(23)35)18-21(20-33)19-31(32)36-28-16-8-4-12-24(28)25-13-5-9-17-29(25)36/h2-19H. The van der Waals surface area contributed by atoms with Gasteiger partial charge in [-0.15, -0.1) is 0 Å². The van der Waals surface area contributed by atoms with Gasteiger partial charge in [0.1, 0.15) is 0 Å². The maximum atomic E-state index is 10.1. The number of benzene rings is 5. The fraction of sp³-hybridized carbons (Fsp3) is 0. The zero-order chi connectivity index (χ0) is 24.2. The lowest BCUT2D eigenvalue weighted by molar-refractivity contribution is 1.14. The molecule has 2 heterocycles. The van der Waals surface area contributed by atoms with Gasteiger partial charge in [0.2, 0.25) is 5.69 Å². The van der Waals surface area contributed by atoms with Crippen LogP contribution in [0.15, 0.2) is 109 Å². The van der Waals surface area contributed by atoms with E-state index >= 15 is 0 Å². The molecule has 0 saturated heterocycles. The molecule has 0 amide bonds. The Balaban J connectivity index is 1.68. The van der Waals surface area contributed by atoms with Crippen LogP contribution >= 0.6 is 0 Å². The molecule has 2 aromatic heterocycles. The Labute approximate surface area is 207 Å². The fourth-order valence-corrected chi connectivity index (χ4v) is 5.49. The number of hydrogen-bond donors (Lipinski definition) is 0. The molecule has 166 valence electrons. The van der Waals surface area contributed by atoms with Gasteiger partial charge in [0.25, 0.3) is 0 Å². The van der Waals surface area contributed by atoms with E-state index in [1.807, 2.05) is 60.7 Å². The van der Waals surface area contributed by atoms with Crippen molar-refractivity contribution in [3.63, 3.8) is 0 Å². The molecule has 0 spiro atoms. The highest BCUT2D eigenvalue weighted by atomic mass is 15.0. The molecule has 0 aliphatic rings. The second-order valence-corrected chi connectivity index (χ2v) is 8.83. The third-order valence-corrected chi connectivity index (χ3v) is 6.95. The van der Waals surface area contributed by atoms with Crippen molar-refractivity contribution in [1.82, 2.24) is 9.13 Å². The number of nitrogens with zero attached hydrogens (tertiary/aromatic N) is 4. The number of aromatic nitrogens is 2. The molecule has 0 fully saturated rings. The van der Waals surface area contributed by atoms with Gasteiger partial charge in [-0.2, -0.15) is 5.26 Å². The normalized spacial score (nSPS) is 11.3. The highest BCUT2D eigenvalue weighted by Crippen LogP contribution is 2.41. The molecular weight excluding hydrogens is 440 g/mol. The minimum atomic E-state index is 0.506. The smallest absolute Gasteiger partial charge is 0.234 e. The van der Waals surface area contributed by atoms with Gasteiger partial charge >= 0.3 is 0 Å². The maximum absolute atomic E-state index is 10.1. The summed E-state index contributed by atoms with van der Waals surface area (Å²) in [4.78, 5) is 4.08. The number of hydrogen-bond acceptors (Lipinski definition) is 1. The second-order valence-electron chi connectivity index (χ2n) is 8.83. The second kappa shape index (κ2) is 7.60. The van der Waals surface area contributed by atoms with Crippen molar-refractivity contribution in [2.45, 2.75) is 0 Å². The summed E-state index contributed by atoms with van der Waals surface area (Å²) in [6.07, 6.45) is 0. The van der Waals surface area contributed by atoms with Crippen molar-refractivity contribution >= 4 is 49.3 Å². The van der Waals surface area contributed by atoms with E-state index < -0.39 is 0 Å². The van der Waals surface area contributed by atoms with Crippen molar-refractivity contribution in [2.24, 2.45) is 0 Å². The van der Waals surface area contributed by atoms with E-state index in [1.165, 1.54) is 0 Å². The Morgan fingerprint density at radius 1 is 0.556 bits per heavy atom. The van der Waals surface area contributed by atoms with Crippen LogP contribution in [-0.2, 0) is 0 Å². The van der Waals surface area contributed by atoms with E-state index in [4.69, 9.17) is 6.57 Å². The molecule has 0 bridgehead atoms. The largest absolute Gasteiger partial charge is 0.319 e. The van der Waals surface area contributed by atoms with Gasteiger partial charge in [-0.05, 0) is 36.4 Å². The van der Waals surface area contributed by atoms with Crippen LogP contribution in [-0.4, -0.2) is 9.13 Å². The molecule has 0 unspecified atom stereocenters. The Hall–Kier alpha value is -5.32. The van der Waals surface area contributed by atoms with Crippen molar-refractivity contribution < 1.29 is 0 Å². The fourth-order valence-electron chi connectivity index (χ4n) is 5.49. The molecule has 7 aromatic rings. The van der Waals surface area contributed by atoms with Crippen molar-refractivity contribution in [3.05, 3.63) is 126 Å². The first-order valence-corrected chi connectivity index (χ1v) is 11.7. The summed E-state index contributed by atoms with van der Waals surface area (Å²) >= 11 is 0. The molecule has 36 heavy (non-hydrogen) atoms. The summed E-state index contributed by atoms with van der Waals surface area (Å²) in [5, 5.41) is 14.5. The van der Waals surface area contributed by atoms with Gasteiger partial charge in [-0.1, -0.05) is 72.8 Å². The summed E-state index contributed by atoms with van der Waals surface area (Å²) in [7, 11) is 0. The maximum Gasteiger partial charge on any atom is 0.234 e. The summed E-state index contributed by atoms with van der Waals surface area (Å²) in [6, 6.07) is 38.9. The van der Waals surface area contributed by atoms with Crippen LogP contribution in [0, 0.1) is 17.9 Å². The number of nitriles is 1. The van der Waals surface area contributed by atoms with E-state index in [1.54, 1.807) is 0 Å². The molecule has 0 radical (unpaired) electrons. The zero-order valence-electron chi connectivity index (χ0n) is 19.2. The van der Waals surface area contributed by atoms with Crippen LogP contribution in [0.5, 0.6) is 0 Å². The Bertz CT molecular complexity index is 1830. The Morgan fingerprint density at radius 3 is 1.19 bits per heavy atom. The molecule has 0 N–H and O–H groups in total. The molecule has 4 heteroatoms. The first-order chi connectivity index (χ1) is 17.8. The van der Waals surface area contributed by atoms with Gasteiger partial charge in [0, 0.05) is 21.5 Å². The van der Waals surface area contributed by atoms with Crippen molar-refractivity contribution in [3.8, 4) is 17.4 Å². The third-order valence-electron chi connectivity index (χ3n) is 6.95. The lowest BCUT2D eigenvalue weighted by atomic mass is 10.1. The number of para-hydroxylation sites is 4. The zero-order valence-corrected chi connectivity index (χ0v) is 19.2. The van der Waals surface area contributed by atoms with Crippen LogP contribution in [0.3, 0.4) is 0 Å². The third kappa shape index (κ3) is 2.67. The van der Waals surface area contributed by atoms with Gasteiger partial charge in [-0.25, -0.2) is 4.85 Å². The molecule has 0 atom stereocenters. The molecular formula is C32H18N4. The molecule has 0 aliphatic heterocycles. The van der Waals surface area contributed by atoms with Gasteiger partial charge in [0.05, 0.1) is 51.6 Å². The highest BCUT2D eigenvalue weighted by molar-refractivity contribution is 6.11. The van der Waals surface area contributed by atoms with Gasteiger partial charge < -0.3 is 9.13 Å². The van der Waals surface area contributed by atoms with Crippen LogP contribution in [0.4, 0.5) is 5.69 Å². The molecule has 7 rings (SSSR count). The average Bonchev–Trinajstić information content (AvgIpc) is 3.45. The lowest BCUT2D eigenvalue weighted by Gasteiger charge is -2.16. The van der Waals surface area contributed by atoms with E-state index in [9.17, 15) is 5.26 Å². The Morgan fingerprint density at radius 2 is 0.889 bits per heavy atom. The van der Waals surface area contributed by atoms with Crippen LogP contribution in [0.2, 0.25) is 0 Å². The first kappa shape index (κ1) is 20.1. The van der Waals surface area contributed by atoms with Gasteiger partial charge in [0.15, 0.2) is 0 Å². The predicted octanol–water partition coefficient (Wildman–Crippen LogP) is 8.30. The topological polar surface area (TPSA) is 38.0 Å². The van der Waals surface area contributed by atoms with Gasteiger partial charge in [-0.3, -0.25) is 0 Å². The van der Waals surface area contributed by atoms with E-state index in [2.05, 4.69) is 68.6 Å². The van der Waals surface area contributed by atoms with E-state index in [0.717, 1.165) is 43.6 Å². The predicted molar refractivity (Wildman–Crippen MR) is 146 cm³/mol. The van der Waals surface area contributed by atoms with Crippen LogP contribution in [0.1, 0.15) is 5.56 Å². The summed E-state index contributed by atoms with van der Waals surface area (Å²) in [5.41, 5.74) is 6.46. The Kier molecular flexibility index (Phi) is 4.24. The minimum Gasteiger partial charge on any atom is -0.319 e. The quantitative estimate of drug-likeness (QED) is 0.240. The molecule has 0 aliphatic carbocycles. The number of fused-ring (bicyclic) bond motifs is 6. The molecule has 0 saturated carbocycles. The molecule has 4 nitrogen and oxygen atoms in total.